The Hall–Kier alpha value is -2.30. The van der Waals surface area contributed by atoms with Gasteiger partial charge in [0.05, 0.1) is 55.9 Å². The molecule has 0 rings (SSSR count). The summed E-state index contributed by atoms with van der Waals surface area (Å²) in [6.45, 7) is 2.11. The number of hydrogen-bond donors (Lipinski definition) is 6. The summed E-state index contributed by atoms with van der Waals surface area (Å²) in [4.78, 5) is 63.2. The van der Waals surface area contributed by atoms with Gasteiger partial charge in [-0.1, -0.05) is 0 Å². The summed E-state index contributed by atoms with van der Waals surface area (Å²) in [6, 6.07) is 0. The summed E-state index contributed by atoms with van der Waals surface area (Å²) in [5, 5.41) is 61.4. The van der Waals surface area contributed by atoms with Gasteiger partial charge in [-0.15, -0.1) is 19.6 Å². The largest absolute Gasteiger partial charge is 3.00 e. The second-order valence-corrected chi connectivity index (χ2v) is 7.35. The molecule has 0 saturated heterocycles. The molecular weight excluding hydrogens is 542 g/mol. The van der Waals surface area contributed by atoms with Crippen molar-refractivity contribution in [2.24, 2.45) is 0 Å². The van der Waals surface area contributed by atoms with Crippen LogP contribution in [0.1, 0.15) is 40.0 Å². The predicted molar refractivity (Wildman–Crippen MR) is 125 cm³/mol. The monoisotopic (exact) mass is 578 g/mol. The van der Waals surface area contributed by atoms with Crippen LogP contribution in [-0.4, -0.2) is 123 Å². The van der Waals surface area contributed by atoms with Gasteiger partial charge in [-0.25, -0.2) is 0 Å². The molecule has 0 saturated carbocycles. The molecular formula is C21H36FeN3O12. The first kappa shape index (κ1) is 41.8. The summed E-state index contributed by atoms with van der Waals surface area (Å²) < 4.78 is 0. The number of nitrogens with zero attached hydrogens (tertiary/aromatic N) is 3. The maximum atomic E-state index is 10.7. The Morgan fingerprint density at radius 2 is 0.703 bits per heavy atom. The van der Waals surface area contributed by atoms with Crippen molar-refractivity contribution in [2.45, 2.75) is 58.3 Å². The van der Waals surface area contributed by atoms with Crippen LogP contribution in [0, 0.1) is 0 Å². The molecule has 0 fully saturated rings. The Bertz CT molecular complexity index is 603. The van der Waals surface area contributed by atoms with Gasteiger partial charge < -0.3 is 61.0 Å². The fourth-order valence-electron chi connectivity index (χ4n) is 1.60. The van der Waals surface area contributed by atoms with E-state index in [0.29, 0.717) is 0 Å². The second-order valence-electron chi connectivity index (χ2n) is 7.35. The van der Waals surface area contributed by atoms with Crippen LogP contribution in [0.25, 0.3) is 16.0 Å². The molecule has 0 aromatic rings. The van der Waals surface area contributed by atoms with Crippen molar-refractivity contribution in [3.05, 3.63) is 16.0 Å². The van der Waals surface area contributed by atoms with Crippen molar-refractivity contribution in [3.8, 4) is 0 Å². The Balaban J connectivity index is -0.000000218. The second kappa shape index (κ2) is 26.8. The maximum Gasteiger partial charge on any atom is 3.00 e. The zero-order valence-corrected chi connectivity index (χ0v) is 22.0. The Labute approximate surface area is 225 Å². The van der Waals surface area contributed by atoms with Crippen LogP contribution in [-0.2, 0) is 45.8 Å². The molecule has 0 aliphatic heterocycles. The van der Waals surface area contributed by atoms with Gasteiger partial charge in [0.2, 0.25) is 0 Å². The Morgan fingerprint density at radius 3 is 0.838 bits per heavy atom. The molecule has 15 nitrogen and oxygen atoms in total. The summed E-state index contributed by atoms with van der Waals surface area (Å²) in [5.41, 5.74) is 0. The van der Waals surface area contributed by atoms with Gasteiger partial charge in [0.1, 0.15) is 17.3 Å². The SMILES string of the molecule is CC(=O)CC(=O)[N-]CC(O)CO.CC(=O)CC(=O)[N-]CC(O)CO.CC(=O)CC(=O)[N-]CC(O)CO.[Fe+3]. The topological polar surface area (TPSA) is 266 Å². The minimum Gasteiger partial charge on any atom is -0.651 e. The van der Waals surface area contributed by atoms with Gasteiger partial charge in [0, 0.05) is 19.3 Å². The van der Waals surface area contributed by atoms with Crippen molar-refractivity contribution in [1.29, 1.82) is 0 Å². The minimum atomic E-state index is -1.01. The van der Waals surface area contributed by atoms with E-state index in [1.165, 1.54) is 20.8 Å². The molecule has 0 heterocycles. The number of ketones is 3. The van der Waals surface area contributed by atoms with Crippen molar-refractivity contribution in [1.82, 2.24) is 0 Å². The van der Waals surface area contributed by atoms with E-state index in [1.54, 1.807) is 0 Å². The van der Waals surface area contributed by atoms with Gasteiger partial charge in [-0.2, -0.15) is 0 Å². The predicted octanol–water partition coefficient (Wildman–Crippen LogP) is -2.35. The third-order valence-electron chi connectivity index (χ3n) is 3.27. The van der Waals surface area contributed by atoms with Crippen LogP contribution in [0.4, 0.5) is 0 Å². The number of Topliss-reactive ketones (excluding diaryl/α,β-unsaturated/α-hetero) is 3. The molecule has 6 N–H and O–H groups in total. The molecule has 3 atom stereocenters. The van der Waals surface area contributed by atoms with Crippen molar-refractivity contribution >= 4 is 35.1 Å². The van der Waals surface area contributed by atoms with Crippen LogP contribution >= 0.6 is 0 Å². The van der Waals surface area contributed by atoms with Crippen molar-refractivity contribution < 1.29 is 76.5 Å². The number of aliphatic hydroxyl groups excluding tert-OH is 6. The molecule has 0 bridgehead atoms. The van der Waals surface area contributed by atoms with Gasteiger partial charge in [0.25, 0.3) is 0 Å². The van der Waals surface area contributed by atoms with Crippen LogP contribution in [0.2, 0.25) is 0 Å². The number of carbonyl (C=O) groups is 6. The van der Waals surface area contributed by atoms with Crippen molar-refractivity contribution in [2.75, 3.05) is 39.5 Å². The average Bonchev–Trinajstić information content (AvgIpc) is 2.78. The molecule has 0 aliphatic carbocycles. The van der Waals surface area contributed by atoms with E-state index in [9.17, 15) is 28.8 Å². The normalized spacial score (nSPS) is 11.9. The van der Waals surface area contributed by atoms with Gasteiger partial charge in [-0.3, -0.25) is 14.4 Å². The molecule has 1 radical (unpaired) electrons. The third-order valence-corrected chi connectivity index (χ3v) is 3.27. The summed E-state index contributed by atoms with van der Waals surface area (Å²) >= 11 is 0. The van der Waals surface area contributed by atoms with E-state index in [4.69, 9.17) is 30.6 Å². The average molecular weight is 578 g/mol. The summed E-state index contributed by atoms with van der Waals surface area (Å²) in [6.07, 6.45) is -3.75. The number of carbonyl (C=O) groups excluding carboxylic acids is 6. The fourth-order valence-corrected chi connectivity index (χ4v) is 1.60. The molecule has 0 aromatic carbocycles. The van der Waals surface area contributed by atoms with E-state index < -0.39 is 55.9 Å². The van der Waals surface area contributed by atoms with E-state index in [2.05, 4.69) is 16.0 Å². The first-order valence-electron chi connectivity index (χ1n) is 10.6. The molecule has 37 heavy (non-hydrogen) atoms. The van der Waals surface area contributed by atoms with Gasteiger partial charge >= 0.3 is 17.1 Å². The molecule has 215 valence electrons. The molecule has 3 unspecified atom stereocenters. The van der Waals surface area contributed by atoms with Crippen LogP contribution in [0.3, 0.4) is 0 Å². The number of aliphatic hydroxyl groups is 6. The standard InChI is InChI=1S/3C7H13NO4.Fe/c3*1-5(10)2-7(12)8-3-6(11)4-9;/h3*6,9,11H,2-4H2,1H3,(H,8,12);/q;;;+3/p-3. The minimum absolute atomic E-state index is 0. The molecule has 0 spiro atoms. The quantitative estimate of drug-likeness (QED) is 0.0881. The first-order valence-corrected chi connectivity index (χ1v) is 10.6. The zero-order valence-electron chi connectivity index (χ0n) is 20.9. The molecule has 16 heteroatoms. The van der Waals surface area contributed by atoms with E-state index >= 15 is 0 Å². The number of amides is 3. The van der Waals surface area contributed by atoms with Crippen LogP contribution < -0.4 is 0 Å². The summed E-state index contributed by atoms with van der Waals surface area (Å²) in [5.74, 6) is -2.47. The first-order chi connectivity index (χ1) is 16.7. The molecule has 3 amide bonds. The summed E-state index contributed by atoms with van der Waals surface area (Å²) in [7, 11) is 0. The Morgan fingerprint density at radius 1 is 0.514 bits per heavy atom. The van der Waals surface area contributed by atoms with Gasteiger partial charge in [0.15, 0.2) is 0 Å². The van der Waals surface area contributed by atoms with Crippen molar-refractivity contribution in [3.63, 3.8) is 0 Å². The Kier molecular flexibility index (Phi) is 30.2. The van der Waals surface area contributed by atoms with Gasteiger partial charge in [-0.05, 0) is 20.8 Å². The fraction of sp³-hybridized carbons (Fsp3) is 0.714. The zero-order chi connectivity index (χ0) is 28.7. The number of rotatable bonds is 15. The molecule has 0 aromatic heterocycles. The van der Waals surface area contributed by atoms with E-state index in [-0.39, 0.29) is 73.3 Å². The number of hydrogen-bond acceptors (Lipinski definition) is 12. The molecule has 0 aliphatic rings. The van der Waals surface area contributed by atoms with Crippen LogP contribution in [0.5, 0.6) is 0 Å². The third kappa shape index (κ3) is 35.9. The van der Waals surface area contributed by atoms with E-state index in [0.717, 1.165) is 0 Å². The smallest absolute Gasteiger partial charge is 0.651 e. The van der Waals surface area contributed by atoms with Crippen LogP contribution in [0.15, 0.2) is 0 Å². The van der Waals surface area contributed by atoms with E-state index in [1.807, 2.05) is 0 Å². The maximum absolute atomic E-state index is 10.7.